The van der Waals surface area contributed by atoms with E-state index < -0.39 is 24.2 Å². The number of benzene rings is 2. The number of carbonyl (C=O) groups is 6. The third-order valence-corrected chi connectivity index (χ3v) is 17.1. The van der Waals surface area contributed by atoms with Crippen LogP contribution in [0.1, 0.15) is 136 Å². The zero-order valence-corrected chi connectivity index (χ0v) is 46.5. The maximum atomic E-state index is 14.6. The topological polar surface area (TPSA) is 189 Å². The van der Waals surface area contributed by atoms with Crippen LogP contribution in [0.5, 0.6) is 0 Å². The summed E-state index contributed by atoms with van der Waals surface area (Å²) in [6.45, 7) is 6.32. The van der Waals surface area contributed by atoms with Crippen LogP contribution >= 0.6 is 0 Å². The number of aromatic nitrogens is 2. The molecule has 0 spiro atoms. The first kappa shape index (κ1) is 57.6. The summed E-state index contributed by atoms with van der Waals surface area (Å²) in [5, 5.41) is 12.3. The second kappa shape index (κ2) is 28.4. The average molecular weight is 1070 g/mol. The molecule has 2 saturated heterocycles. The Morgan fingerprint density at radius 3 is 1.24 bits per heavy atom. The molecule has 4 heterocycles. The van der Waals surface area contributed by atoms with Crippen molar-refractivity contribution in [1.29, 1.82) is 0 Å². The molecule has 2 aromatic carbocycles. The van der Waals surface area contributed by atoms with Crippen LogP contribution in [0.15, 0.2) is 97.3 Å². The number of nitrogens with one attached hydrogen (secondary N) is 4. The predicted molar refractivity (Wildman–Crippen MR) is 303 cm³/mol. The molecule has 8 rings (SSSR count). The van der Waals surface area contributed by atoms with E-state index in [1.54, 1.807) is 64.6 Å². The van der Waals surface area contributed by atoms with Crippen molar-refractivity contribution < 1.29 is 28.8 Å². The summed E-state index contributed by atoms with van der Waals surface area (Å²) < 4.78 is 0. The number of likely N-dealkylation sites (N-methyl/N-ethyl adjacent to an activating group) is 2. The minimum Gasteiger partial charge on any atom is -0.343 e. The van der Waals surface area contributed by atoms with Crippen molar-refractivity contribution in [2.45, 2.75) is 153 Å². The molecule has 78 heavy (non-hydrogen) atoms. The van der Waals surface area contributed by atoms with Gasteiger partial charge in [0.1, 0.15) is 12.1 Å². The van der Waals surface area contributed by atoms with Crippen LogP contribution in [0.4, 0.5) is 0 Å². The summed E-state index contributed by atoms with van der Waals surface area (Å²) >= 11 is 0. The fraction of sp³-hybridized carbons (Fsp3) is 0.548. The summed E-state index contributed by atoms with van der Waals surface area (Å²) in [5.41, 5.74) is 4.12. The molecule has 2 aliphatic heterocycles. The molecular weight excluding hydrogens is 981 g/mol. The van der Waals surface area contributed by atoms with Crippen molar-refractivity contribution in [2.75, 3.05) is 53.4 Å². The summed E-state index contributed by atoms with van der Waals surface area (Å²) in [7, 11) is 3.48. The molecule has 4 fully saturated rings. The highest BCUT2D eigenvalue weighted by Crippen LogP contribution is 2.32. The first-order valence-corrected chi connectivity index (χ1v) is 29.1. The molecule has 2 saturated carbocycles. The average Bonchev–Trinajstić information content (AvgIpc) is 4.21. The molecule has 4 aromatic rings. The van der Waals surface area contributed by atoms with Gasteiger partial charge in [-0.3, -0.25) is 38.7 Å². The number of hydrogen-bond acceptors (Lipinski definition) is 10. The Kier molecular flexibility index (Phi) is 21.0. The van der Waals surface area contributed by atoms with E-state index in [9.17, 15) is 28.8 Å². The number of hydrogen-bond donors (Lipinski definition) is 4. The Hall–Kier alpha value is -6.52. The highest BCUT2D eigenvalue weighted by molar-refractivity contribution is 5.96. The third kappa shape index (κ3) is 15.0. The zero-order chi connectivity index (χ0) is 55.0. The minimum atomic E-state index is -0.613. The first-order valence-electron chi connectivity index (χ1n) is 29.1. The maximum absolute atomic E-state index is 14.6. The van der Waals surface area contributed by atoms with Crippen LogP contribution in [0, 0.1) is 11.8 Å². The van der Waals surface area contributed by atoms with Crippen molar-refractivity contribution in [3.8, 4) is 11.4 Å². The van der Waals surface area contributed by atoms with Gasteiger partial charge in [-0.25, -0.2) is 0 Å². The van der Waals surface area contributed by atoms with Crippen molar-refractivity contribution >= 4 is 35.4 Å². The molecule has 6 amide bonds. The number of pyridine rings is 2. The zero-order valence-electron chi connectivity index (χ0n) is 46.5. The lowest BCUT2D eigenvalue weighted by Crippen LogP contribution is -2.57. The van der Waals surface area contributed by atoms with Crippen LogP contribution < -0.4 is 21.3 Å². The Bertz CT molecular complexity index is 2410. The lowest BCUT2D eigenvalue weighted by Gasteiger charge is -2.37. The lowest BCUT2D eigenvalue weighted by atomic mass is 9.83. The molecule has 0 bridgehead atoms. The van der Waals surface area contributed by atoms with Gasteiger partial charge in [0.05, 0.1) is 34.6 Å². The Balaban J connectivity index is 0.969. The van der Waals surface area contributed by atoms with Crippen LogP contribution in [0.25, 0.3) is 11.4 Å². The lowest BCUT2D eigenvalue weighted by molar-refractivity contribution is -0.139. The second-order valence-electron chi connectivity index (χ2n) is 22.3. The van der Waals surface area contributed by atoms with E-state index in [4.69, 9.17) is 9.97 Å². The van der Waals surface area contributed by atoms with Crippen LogP contribution in [-0.4, -0.2) is 155 Å². The molecule has 16 nitrogen and oxygen atoms in total. The Morgan fingerprint density at radius 2 is 0.897 bits per heavy atom. The van der Waals surface area contributed by atoms with Crippen LogP contribution in [0.2, 0.25) is 0 Å². The van der Waals surface area contributed by atoms with Gasteiger partial charge in [-0.05, 0) is 139 Å². The molecule has 4 aliphatic rings. The van der Waals surface area contributed by atoms with E-state index in [-0.39, 0.29) is 59.4 Å². The largest absolute Gasteiger partial charge is 0.343 e. The van der Waals surface area contributed by atoms with Crippen molar-refractivity contribution in [1.82, 2.24) is 50.8 Å². The van der Waals surface area contributed by atoms with E-state index in [2.05, 4.69) is 45.5 Å². The van der Waals surface area contributed by atoms with Gasteiger partial charge in [0.2, 0.25) is 23.6 Å². The first-order chi connectivity index (χ1) is 37.9. The van der Waals surface area contributed by atoms with Crippen LogP contribution in [-0.2, 0) is 32.0 Å². The quantitative estimate of drug-likeness (QED) is 0.0613. The number of likely N-dealkylation sites (tertiary alicyclic amines) is 2. The molecule has 4 N–H and O–H groups in total. The highest BCUT2D eigenvalue weighted by Gasteiger charge is 2.41. The van der Waals surface area contributed by atoms with Crippen molar-refractivity contribution in [3.05, 3.63) is 120 Å². The van der Waals surface area contributed by atoms with Gasteiger partial charge in [-0.15, -0.1) is 0 Å². The summed E-state index contributed by atoms with van der Waals surface area (Å²) in [6.07, 6.45) is 17.5. The van der Waals surface area contributed by atoms with E-state index in [0.29, 0.717) is 74.6 Å². The number of rotatable bonds is 23. The minimum absolute atomic E-state index is 0.0590. The van der Waals surface area contributed by atoms with Gasteiger partial charge < -0.3 is 40.9 Å². The predicted octanol–water partition coefficient (Wildman–Crippen LogP) is 6.84. The van der Waals surface area contributed by atoms with E-state index in [0.717, 1.165) is 101 Å². The van der Waals surface area contributed by atoms with Gasteiger partial charge in [-0.2, -0.15) is 0 Å². The number of nitrogens with zero attached hydrogens (tertiary/aromatic N) is 6. The van der Waals surface area contributed by atoms with Gasteiger partial charge in [0.15, 0.2) is 0 Å². The van der Waals surface area contributed by atoms with E-state index in [1.807, 2.05) is 56.0 Å². The number of carbonyl (C=O) groups excluding carboxylic acids is 6. The SMILES string of the molecule is CN[C@@H](C)C(=O)N[C@H](C(=O)N1CCC[C@H]1CN(CCc1ccccc1)C(=O)c1ccc(-c2ccc(C(=O)N(CCc3ccccc3)C[C@@H]3CCCN3C(=O)[C@@H](NC(=O)[C@H](C)NC)C3CCCCC3)cn2)nc1)C1CCCCC1. The summed E-state index contributed by atoms with van der Waals surface area (Å²) in [4.78, 5) is 102. The van der Waals surface area contributed by atoms with Gasteiger partial charge in [-0.1, -0.05) is 99.2 Å². The Labute approximate surface area is 462 Å². The van der Waals surface area contributed by atoms with Gasteiger partial charge in [0, 0.05) is 63.7 Å². The summed E-state index contributed by atoms with van der Waals surface area (Å²) in [5.74, 6) is -0.728. The van der Waals surface area contributed by atoms with Crippen molar-refractivity contribution in [3.63, 3.8) is 0 Å². The molecule has 0 radical (unpaired) electrons. The maximum Gasteiger partial charge on any atom is 0.255 e. The smallest absolute Gasteiger partial charge is 0.255 e. The van der Waals surface area contributed by atoms with Gasteiger partial charge in [0.25, 0.3) is 11.8 Å². The monoisotopic (exact) mass is 1060 g/mol. The second-order valence-corrected chi connectivity index (χ2v) is 22.3. The molecule has 418 valence electrons. The van der Waals surface area contributed by atoms with Crippen molar-refractivity contribution in [2.24, 2.45) is 11.8 Å². The third-order valence-electron chi connectivity index (χ3n) is 17.1. The molecule has 0 unspecified atom stereocenters. The number of amides is 6. The fourth-order valence-corrected chi connectivity index (χ4v) is 12.1. The molecule has 2 aromatic heterocycles. The van der Waals surface area contributed by atoms with E-state index in [1.165, 1.54) is 0 Å². The van der Waals surface area contributed by atoms with Crippen LogP contribution in [0.3, 0.4) is 0 Å². The normalized spacial score (nSPS) is 19.6. The fourth-order valence-electron chi connectivity index (χ4n) is 12.1. The molecule has 2 aliphatic carbocycles. The Morgan fingerprint density at radius 1 is 0.513 bits per heavy atom. The molecular formula is C62H84N10O6. The van der Waals surface area contributed by atoms with E-state index >= 15 is 0 Å². The molecule has 16 heteroatoms. The standard InChI is InChI=1S/C62H84N10O6/c1-43(63-3)57(73)67-55(47-23-13-7-14-24-47)61(77)71-35-17-27-51(71)41-69(37-33-45-19-9-5-10-20-45)59(75)49-29-31-53(65-39-49)54-32-30-50(40-66-54)60(76)70(38-34-46-21-11-6-12-22-46)42-52-28-18-36-72(52)62(78)56(48-25-15-8-16-26-48)68-58(74)44(2)64-4/h5-6,9-12,19-22,29-32,39-40,43-44,47-48,51-52,55-56,63-64H,7-8,13-18,23-28,33-38,41-42H2,1-4H3,(H,67,73)(H,68,74)/t43-,44-,51-,52-,55-,56-/m0/s1. The highest BCUT2D eigenvalue weighted by atomic mass is 16.2. The molecule has 6 atom stereocenters. The van der Waals surface area contributed by atoms with Gasteiger partial charge >= 0.3 is 0 Å². The summed E-state index contributed by atoms with van der Waals surface area (Å²) in [6, 6.07) is 24.7.